The molecule has 2 nitrogen and oxygen atoms in total. The summed E-state index contributed by atoms with van der Waals surface area (Å²) in [6.45, 7) is 5.46. The topological polar surface area (TPSA) is 20.3 Å². The van der Waals surface area contributed by atoms with E-state index >= 15 is 0 Å². The molecule has 1 unspecified atom stereocenters. The SMILES string of the molecule is CCC1CCN(c2ccc(C(C)=O)cc2F)C1. The summed E-state index contributed by atoms with van der Waals surface area (Å²) in [5.74, 6) is 0.291. The van der Waals surface area contributed by atoms with E-state index in [2.05, 4.69) is 11.8 Å². The maximum atomic E-state index is 13.9. The van der Waals surface area contributed by atoms with E-state index in [9.17, 15) is 9.18 Å². The van der Waals surface area contributed by atoms with Crippen LogP contribution in [0.3, 0.4) is 0 Å². The first-order valence-electron chi connectivity index (χ1n) is 6.17. The summed E-state index contributed by atoms with van der Waals surface area (Å²) < 4.78 is 13.9. The van der Waals surface area contributed by atoms with Gasteiger partial charge in [0.05, 0.1) is 5.69 Å². The largest absolute Gasteiger partial charge is 0.369 e. The van der Waals surface area contributed by atoms with E-state index in [1.54, 1.807) is 12.1 Å². The number of hydrogen-bond acceptors (Lipinski definition) is 2. The van der Waals surface area contributed by atoms with Gasteiger partial charge in [-0.3, -0.25) is 4.79 Å². The van der Waals surface area contributed by atoms with E-state index in [4.69, 9.17) is 0 Å². The Labute approximate surface area is 101 Å². The molecule has 1 aliphatic heterocycles. The number of anilines is 1. The summed E-state index contributed by atoms with van der Waals surface area (Å²) in [5.41, 5.74) is 1.07. The molecule has 0 aromatic heterocycles. The Balaban J connectivity index is 2.20. The van der Waals surface area contributed by atoms with Crippen LogP contribution in [0, 0.1) is 11.7 Å². The monoisotopic (exact) mass is 235 g/mol. The highest BCUT2D eigenvalue weighted by molar-refractivity contribution is 5.94. The van der Waals surface area contributed by atoms with Gasteiger partial charge in [-0.05, 0) is 37.5 Å². The fourth-order valence-electron chi connectivity index (χ4n) is 2.37. The minimum Gasteiger partial charge on any atom is -0.369 e. The molecule has 0 saturated carbocycles. The molecule has 1 fully saturated rings. The van der Waals surface area contributed by atoms with Crippen LogP contribution in [0.1, 0.15) is 37.0 Å². The predicted molar refractivity (Wildman–Crippen MR) is 67.0 cm³/mol. The van der Waals surface area contributed by atoms with E-state index in [1.807, 2.05) is 0 Å². The van der Waals surface area contributed by atoms with Crippen LogP contribution in [-0.2, 0) is 0 Å². The van der Waals surface area contributed by atoms with Crippen LogP contribution in [-0.4, -0.2) is 18.9 Å². The van der Waals surface area contributed by atoms with Crippen molar-refractivity contribution in [2.75, 3.05) is 18.0 Å². The highest BCUT2D eigenvalue weighted by atomic mass is 19.1. The number of benzene rings is 1. The molecule has 1 heterocycles. The lowest BCUT2D eigenvalue weighted by atomic mass is 10.1. The van der Waals surface area contributed by atoms with Gasteiger partial charge in [0.2, 0.25) is 0 Å². The molecule has 0 amide bonds. The predicted octanol–water partition coefficient (Wildman–Crippen LogP) is 3.26. The van der Waals surface area contributed by atoms with Gasteiger partial charge in [0.15, 0.2) is 5.78 Å². The second-order valence-electron chi connectivity index (χ2n) is 4.73. The Morgan fingerprint density at radius 1 is 1.53 bits per heavy atom. The molecule has 92 valence electrons. The Bertz CT molecular complexity index is 430. The van der Waals surface area contributed by atoms with Crippen molar-refractivity contribution in [2.24, 2.45) is 5.92 Å². The second kappa shape index (κ2) is 4.86. The molecule has 0 spiro atoms. The van der Waals surface area contributed by atoms with Crippen molar-refractivity contribution < 1.29 is 9.18 Å². The fraction of sp³-hybridized carbons (Fsp3) is 0.500. The highest BCUT2D eigenvalue weighted by Gasteiger charge is 2.23. The molecular weight excluding hydrogens is 217 g/mol. The number of carbonyl (C=O) groups excluding carboxylic acids is 1. The van der Waals surface area contributed by atoms with Crippen LogP contribution in [0.15, 0.2) is 18.2 Å². The summed E-state index contributed by atoms with van der Waals surface area (Å²) in [4.78, 5) is 13.2. The Morgan fingerprint density at radius 2 is 2.29 bits per heavy atom. The average molecular weight is 235 g/mol. The third-order valence-corrected chi connectivity index (χ3v) is 3.56. The number of Topliss-reactive ketones (excluding diaryl/α,β-unsaturated/α-hetero) is 1. The van der Waals surface area contributed by atoms with Gasteiger partial charge in [0, 0.05) is 18.7 Å². The van der Waals surface area contributed by atoms with Gasteiger partial charge in [-0.2, -0.15) is 0 Å². The zero-order chi connectivity index (χ0) is 12.4. The molecule has 0 radical (unpaired) electrons. The van der Waals surface area contributed by atoms with Crippen molar-refractivity contribution in [2.45, 2.75) is 26.7 Å². The number of ketones is 1. The molecule has 1 aromatic rings. The lowest BCUT2D eigenvalue weighted by molar-refractivity contribution is 0.101. The van der Waals surface area contributed by atoms with Crippen molar-refractivity contribution in [3.05, 3.63) is 29.6 Å². The normalized spacial score (nSPS) is 19.7. The van der Waals surface area contributed by atoms with Crippen LogP contribution >= 0.6 is 0 Å². The van der Waals surface area contributed by atoms with Crippen LogP contribution in [0.25, 0.3) is 0 Å². The van der Waals surface area contributed by atoms with Crippen molar-refractivity contribution in [3.63, 3.8) is 0 Å². The average Bonchev–Trinajstić information content (AvgIpc) is 2.77. The van der Waals surface area contributed by atoms with Gasteiger partial charge in [-0.1, -0.05) is 13.3 Å². The summed E-state index contributed by atoms with van der Waals surface area (Å²) in [6.07, 6.45) is 2.27. The molecule has 1 saturated heterocycles. The van der Waals surface area contributed by atoms with Crippen LogP contribution in [0.5, 0.6) is 0 Å². The molecule has 2 rings (SSSR count). The van der Waals surface area contributed by atoms with Crippen LogP contribution in [0.2, 0.25) is 0 Å². The maximum Gasteiger partial charge on any atom is 0.159 e. The molecule has 17 heavy (non-hydrogen) atoms. The molecule has 1 atom stereocenters. The molecule has 0 bridgehead atoms. The number of rotatable bonds is 3. The summed E-state index contributed by atoms with van der Waals surface area (Å²) in [5, 5.41) is 0. The number of halogens is 1. The molecule has 0 aliphatic carbocycles. The highest BCUT2D eigenvalue weighted by Crippen LogP contribution is 2.28. The van der Waals surface area contributed by atoms with Crippen molar-refractivity contribution in [3.8, 4) is 0 Å². The van der Waals surface area contributed by atoms with Gasteiger partial charge in [-0.25, -0.2) is 4.39 Å². The summed E-state index contributed by atoms with van der Waals surface area (Å²) in [7, 11) is 0. The van der Waals surface area contributed by atoms with Crippen molar-refractivity contribution in [1.82, 2.24) is 0 Å². The van der Waals surface area contributed by atoms with E-state index in [1.165, 1.54) is 13.0 Å². The fourth-order valence-corrected chi connectivity index (χ4v) is 2.37. The Morgan fingerprint density at radius 3 is 2.82 bits per heavy atom. The number of hydrogen-bond donors (Lipinski definition) is 0. The molecule has 1 aromatic carbocycles. The molecule has 1 aliphatic rings. The first kappa shape index (κ1) is 12.1. The molecule has 3 heteroatoms. The van der Waals surface area contributed by atoms with E-state index in [-0.39, 0.29) is 11.6 Å². The smallest absolute Gasteiger partial charge is 0.159 e. The van der Waals surface area contributed by atoms with Gasteiger partial charge < -0.3 is 4.90 Å². The van der Waals surface area contributed by atoms with E-state index < -0.39 is 0 Å². The zero-order valence-electron chi connectivity index (χ0n) is 10.4. The van der Waals surface area contributed by atoms with Crippen molar-refractivity contribution in [1.29, 1.82) is 0 Å². The third kappa shape index (κ3) is 2.48. The zero-order valence-corrected chi connectivity index (χ0v) is 10.4. The first-order chi connectivity index (χ1) is 8.11. The van der Waals surface area contributed by atoms with E-state index in [0.717, 1.165) is 25.9 Å². The Kier molecular flexibility index (Phi) is 3.46. The standard InChI is InChI=1S/C14H18FNO/c1-3-11-6-7-16(9-11)14-5-4-12(10(2)17)8-13(14)15/h4-5,8,11H,3,6-7,9H2,1-2H3. The minimum absolute atomic E-state index is 0.0942. The van der Waals surface area contributed by atoms with Crippen LogP contribution < -0.4 is 4.90 Å². The van der Waals surface area contributed by atoms with Gasteiger partial charge in [-0.15, -0.1) is 0 Å². The van der Waals surface area contributed by atoms with E-state index in [0.29, 0.717) is 17.2 Å². The van der Waals surface area contributed by atoms with Gasteiger partial charge in [0.1, 0.15) is 5.82 Å². The first-order valence-corrected chi connectivity index (χ1v) is 6.17. The van der Waals surface area contributed by atoms with Gasteiger partial charge >= 0.3 is 0 Å². The molecular formula is C14H18FNO. The quantitative estimate of drug-likeness (QED) is 0.749. The lowest BCUT2D eigenvalue weighted by Crippen LogP contribution is -2.20. The van der Waals surface area contributed by atoms with Gasteiger partial charge in [0.25, 0.3) is 0 Å². The Hall–Kier alpha value is -1.38. The maximum absolute atomic E-state index is 13.9. The minimum atomic E-state index is -0.283. The molecule has 0 N–H and O–H groups in total. The second-order valence-corrected chi connectivity index (χ2v) is 4.73. The summed E-state index contributed by atoms with van der Waals surface area (Å²) >= 11 is 0. The van der Waals surface area contributed by atoms with Crippen molar-refractivity contribution >= 4 is 11.5 Å². The number of carbonyl (C=O) groups is 1. The van der Waals surface area contributed by atoms with Crippen LogP contribution in [0.4, 0.5) is 10.1 Å². The lowest BCUT2D eigenvalue weighted by Gasteiger charge is -2.19. The summed E-state index contributed by atoms with van der Waals surface area (Å²) in [6, 6.07) is 4.78. The number of nitrogens with zero attached hydrogens (tertiary/aromatic N) is 1. The third-order valence-electron chi connectivity index (χ3n) is 3.56.